The van der Waals surface area contributed by atoms with Crippen molar-refractivity contribution in [2.75, 3.05) is 11.1 Å². The van der Waals surface area contributed by atoms with Gasteiger partial charge in [0.2, 0.25) is 5.91 Å². The summed E-state index contributed by atoms with van der Waals surface area (Å²) in [7, 11) is 0. The van der Waals surface area contributed by atoms with Gasteiger partial charge in [0.05, 0.1) is 17.5 Å². The third-order valence-electron chi connectivity index (χ3n) is 2.64. The first-order valence-electron chi connectivity index (χ1n) is 6.46. The van der Waals surface area contributed by atoms with Crippen LogP contribution in [0.15, 0.2) is 24.3 Å². The van der Waals surface area contributed by atoms with Gasteiger partial charge in [-0.15, -0.1) is 16.9 Å². The van der Waals surface area contributed by atoms with Crippen LogP contribution in [0.3, 0.4) is 0 Å². The van der Waals surface area contributed by atoms with Gasteiger partial charge < -0.3 is 5.32 Å². The average Bonchev–Trinajstić information content (AvgIpc) is 2.90. The second kappa shape index (κ2) is 7.16. The van der Waals surface area contributed by atoms with Gasteiger partial charge in [-0.25, -0.2) is 9.07 Å². The van der Waals surface area contributed by atoms with Gasteiger partial charge in [0, 0.05) is 5.69 Å². The van der Waals surface area contributed by atoms with Gasteiger partial charge in [0.1, 0.15) is 5.82 Å². The molecule has 6 nitrogen and oxygen atoms in total. The lowest BCUT2D eigenvalue weighted by molar-refractivity contribution is -0.113. The van der Waals surface area contributed by atoms with E-state index in [2.05, 4.69) is 20.8 Å². The lowest BCUT2D eigenvalue weighted by Gasteiger charge is -2.07. The second-order valence-electron chi connectivity index (χ2n) is 4.68. The number of nitrogens with zero attached hydrogens (tertiary/aromatic N) is 4. The molecule has 8 heteroatoms. The number of rotatable bonds is 6. The molecule has 0 aliphatic rings. The number of hydrogen-bond donors (Lipinski definition) is 1. The largest absolute Gasteiger partial charge is 0.325 e. The molecule has 0 spiro atoms. The molecular formula is C13H16FN5OS. The maximum atomic E-state index is 12.7. The Morgan fingerprint density at radius 1 is 1.38 bits per heavy atom. The highest BCUT2D eigenvalue weighted by Gasteiger charge is 2.10. The van der Waals surface area contributed by atoms with Crippen molar-refractivity contribution in [3.63, 3.8) is 0 Å². The molecule has 112 valence electrons. The number of nitrogens with one attached hydrogen (secondary N) is 1. The van der Waals surface area contributed by atoms with Crippen LogP contribution in [0.25, 0.3) is 0 Å². The van der Waals surface area contributed by atoms with Crippen LogP contribution in [0.4, 0.5) is 10.1 Å². The van der Waals surface area contributed by atoms with E-state index in [-0.39, 0.29) is 23.5 Å². The van der Waals surface area contributed by atoms with Crippen LogP contribution in [-0.4, -0.2) is 31.9 Å². The van der Waals surface area contributed by atoms with E-state index in [0.29, 0.717) is 11.4 Å². The van der Waals surface area contributed by atoms with Gasteiger partial charge in [0.25, 0.3) is 0 Å². The molecule has 1 aromatic carbocycles. The molecule has 2 rings (SSSR count). The van der Waals surface area contributed by atoms with E-state index in [0.717, 1.165) is 5.82 Å². The van der Waals surface area contributed by atoms with E-state index in [9.17, 15) is 9.18 Å². The van der Waals surface area contributed by atoms with E-state index < -0.39 is 0 Å². The van der Waals surface area contributed by atoms with Gasteiger partial charge in [-0.3, -0.25) is 4.79 Å². The Bertz CT molecular complexity index is 599. The quantitative estimate of drug-likeness (QED) is 0.886. The summed E-state index contributed by atoms with van der Waals surface area (Å²) in [6.45, 7) is 3.98. The van der Waals surface area contributed by atoms with Gasteiger partial charge in [0.15, 0.2) is 5.82 Å². The Morgan fingerprint density at radius 2 is 2.10 bits per heavy atom. The summed E-state index contributed by atoms with van der Waals surface area (Å²) in [6, 6.07) is 5.84. The minimum absolute atomic E-state index is 0.143. The van der Waals surface area contributed by atoms with E-state index in [1.54, 1.807) is 4.68 Å². The Balaban J connectivity index is 1.79. The fraction of sp³-hybridized carbons (Fsp3) is 0.385. The molecule has 1 heterocycles. The molecule has 21 heavy (non-hydrogen) atoms. The van der Waals surface area contributed by atoms with Crippen LogP contribution < -0.4 is 5.32 Å². The first-order valence-corrected chi connectivity index (χ1v) is 7.61. The predicted molar refractivity (Wildman–Crippen MR) is 79.4 cm³/mol. The molecule has 0 saturated carbocycles. The zero-order valence-corrected chi connectivity index (χ0v) is 12.6. The summed E-state index contributed by atoms with van der Waals surface area (Å²) in [5.74, 6) is 1.10. The van der Waals surface area contributed by atoms with Crippen molar-refractivity contribution in [1.29, 1.82) is 0 Å². The maximum Gasteiger partial charge on any atom is 0.234 e. The van der Waals surface area contributed by atoms with Crippen LogP contribution in [-0.2, 0) is 10.5 Å². The summed E-state index contributed by atoms with van der Waals surface area (Å²) >= 11 is 1.42. The molecule has 2 aromatic rings. The number of hydrogen-bond acceptors (Lipinski definition) is 5. The van der Waals surface area contributed by atoms with Crippen LogP contribution in [0.5, 0.6) is 0 Å². The lowest BCUT2D eigenvalue weighted by atomic mass is 10.3. The fourth-order valence-electron chi connectivity index (χ4n) is 1.67. The lowest BCUT2D eigenvalue weighted by Crippen LogP contribution is -2.14. The van der Waals surface area contributed by atoms with Crippen molar-refractivity contribution < 1.29 is 9.18 Å². The highest BCUT2D eigenvalue weighted by Crippen LogP contribution is 2.14. The Labute approximate surface area is 126 Å². The number of anilines is 1. The van der Waals surface area contributed by atoms with Crippen molar-refractivity contribution in [3.8, 4) is 0 Å². The highest BCUT2D eigenvalue weighted by atomic mass is 32.2. The molecule has 0 unspecified atom stereocenters. The maximum absolute atomic E-state index is 12.7. The number of halogens is 1. The summed E-state index contributed by atoms with van der Waals surface area (Å²) < 4.78 is 14.5. The first-order chi connectivity index (χ1) is 10.1. The minimum Gasteiger partial charge on any atom is -0.325 e. The normalized spacial score (nSPS) is 10.9. The van der Waals surface area contributed by atoms with Gasteiger partial charge >= 0.3 is 0 Å². The molecule has 1 N–H and O–H groups in total. The molecule has 0 radical (unpaired) electrons. The van der Waals surface area contributed by atoms with Crippen molar-refractivity contribution in [2.45, 2.75) is 25.6 Å². The molecule has 0 aliphatic carbocycles. The molecule has 0 bridgehead atoms. The molecule has 0 fully saturated rings. The van der Waals surface area contributed by atoms with Crippen molar-refractivity contribution in [1.82, 2.24) is 20.2 Å². The highest BCUT2D eigenvalue weighted by molar-refractivity contribution is 7.99. The number of carbonyl (C=O) groups is 1. The fourth-order valence-corrected chi connectivity index (χ4v) is 2.41. The smallest absolute Gasteiger partial charge is 0.234 e. The monoisotopic (exact) mass is 309 g/mol. The summed E-state index contributed by atoms with van der Waals surface area (Å²) in [5, 5.41) is 14.2. The number of tetrazole rings is 1. The Hall–Kier alpha value is -1.96. The summed E-state index contributed by atoms with van der Waals surface area (Å²) in [5.41, 5.74) is 0.578. The van der Waals surface area contributed by atoms with Crippen LogP contribution in [0.1, 0.15) is 25.7 Å². The molecule has 1 amide bonds. The Morgan fingerprint density at radius 3 is 2.76 bits per heavy atom. The Kier molecular flexibility index (Phi) is 5.26. The second-order valence-corrected chi connectivity index (χ2v) is 5.67. The van der Waals surface area contributed by atoms with Crippen molar-refractivity contribution >= 4 is 23.4 Å². The number of thioether (sulfide) groups is 1. The zero-order valence-electron chi connectivity index (χ0n) is 11.8. The van der Waals surface area contributed by atoms with E-state index in [1.807, 2.05) is 13.8 Å². The standard InChI is InChI=1S/C13H16FN5OS/c1-9(2)19-12(16-17-18-19)7-21-8-13(20)15-11-5-3-10(14)4-6-11/h3-6,9H,7-8H2,1-2H3,(H,15,20). The van der Waals surface area contributed by atoms with Crippen LogP contribution >= 0.6 is 11.8 Å². The van der Waals surface area contributed by atoms with Crippen LogP contribution in [0.2, 0.25) is 0 Å². The minimum atomic E-state index is -0.331. The number of aromatic nitrogens is 4. The van der Waals surface area contributed by atoms with E-state index in [4.69, 9.17) is 0 Å². The topological polar surface area (TPSA) is 72.7 Å². The predicted octanol–water partition coefficient (Wildman–Crippen LogP) is 2.27. The summed E-state index contributed by atoms with van der Waals surface area (Å²) in [6.07, 6.45) is 0. The zero-order chi connectivity index (χ0) is 15.2. The summed E-state index contributed by atoms with van der Waals surface area (Å²) in [4.78, 5) is 11.8. The molecule has 0 saturated heterocycles. The molecular weight excluding hydrogens is 293 g/mol. The van der Waals surface area contributed by atoms with Gasteiger partial charge in [-0.2, -0.15) is 0 Å². The molecule has 1 aromatic heterocycles. The van der Waals surface area contributed by atoms with Gasteiger partial charge in [-0.05, 0) is 48.5 Å². The average molecular weight is 309 g/mol. The van der Waals surface area contributed by atoms with Crippen LogP contribution in [0, 0.1) is 5.82 Å². The third kappa shape index (κ3) is 4.52. The first kappa shape index (κ1) is 15.4. The number of benzene rings is 1. The van der Waals surface area contributed by atoms with E-state index in [1.165, 1.54) is 36.0 Å². The van der Waals surface area contributed by atoms with Crippen molar-refractivity contribution in [3.05, 3.63) is 35.9 Å². The molecule has 0 atom stereocenters. The molecule has 0 aliphatic heterocycles. The van der Waals surface area contributed by atoms with Crippen molar-refractivity contribution in [2.24, 2.45) is 0 Å². The SMILES string of the molecule is CC(C)n1nnnc1CSCC(=O)Nc1ccc(F)cc1. The van der Waals surface area contributed by atoms with Gasteiger partial charge in [-0.1, -0.05) is 0 Å². The van der Waals surface area contributed by atoms with E-state index >= 15 is 0 Å². The third-order valence-corrected chi connectivity index (χ3v) is 3.57. The number of carbonyl (C=O) groups excluding carboxylic acids is 1. The number of amides is 1.